The summed E-state index contributed by atoms with van der Waals surface area (Å²) in [4.78, 5) is 29.0. The van der Waals surface area contributed by atoms with E-state index in [1.165, 1.54) is 36.3 Å². The average Bonchev–Trinajstić information content (AvgIpc) is 3.52. The zero-order chi connectivity index (χ0) is 24.1. The highest BCUT2D eigenvalue weighted by Crippen LogP contribution is 2.24. The summed E-state index contributed by atoms with van der Waals surface area (Å²) in [7, 11) is 1.54. The highest BCUT2D eigenvalue weighted by Gasteiger charge is 2.30. The number of anilines is 1. The molecule has 1 fully saturated rings. The molecule has 1 aromatic heterocycles. The fraction of sp³-hybridized carbons (Fsp3) is 0.375. The fourth-order valence-corrected chi connectivity index (χ4v) is 4.07. The number of halogens is 1. The van der Waals surface area contributed by atoms with Crippen LogP contribution in [0, 0.1) is 5.82 Å². The fourth-order valence-electron chi connectivity index (χ4n) is 4.07. The molecule has 1 saturated carbocycles. The van der Waals surface area contributed by atoms with Crippen molar-refractivity contribution in [3.63, 3.8) is 0 Å². The number of carbonyl (C=O) groups excluding carboxylic acids is 2. The molecule has 1 heterocycles. The molecular formula is C24H27FN6O3. The molecule has 1 unspecified atom stereocenters. The molecule has 3 aromatic rings. The Morgan fingerprint density at radius 2 is 1.94 bits per heavy atom. The first-order valence-electron chi connectivity index (χ1n) is 11.2. The van der Waals surface area contributed by atoms with Crippen LogP contribution < -0.4 is 15.0 Å². The number of tetrazole rings is 1. The predicted octanol–water partition coefficient (Wildman–Crippen LogP) is 2.97. The molecule has 1 aliphatic carbocycles. The normalized spacial score (nSPS) is 14.6. The van der Waals surface area contributed by atoms with Crippen LogP contribution >= 0.6 is 0 Å². The summed E-state index contributed by atoms with van der Waals surface area (Å²) in [5.74, 6) is -0.138. The van der Waals surface area contributed by atoms with Gasteiger partial charge < -0.3 is 10.1 Å². The second kappa shape index (κ2) is 10.4. The van der Waals surface area contributed by atoms with E-state index in [2.05, 4.69) is 20.7 Å². The van der Waals surface area contributed by atoms with Gasteiger partial charge in [0.05, 0.1) is 7.11 Å². The average molecular weight is 467 g/mol. The van der Waals surface area contributed by atoms with Gasteiger partial charge in [-0.3, -0.25) is 14.5 Å². The van der Waals surface area contributed by atoms with E-state index >= 15 is 0 Å². The van der Waals surface area contributed by atoms with E-state index in [0.717, 1.165) is 30.5 Å². The SMILES string of the molecule is COc1cccc(N(C(=O)Cn2nnc(-c3ccc(F)cc3)n2)C(C)C(=O)NC2CCCC2)c1. The van der Waals surface area contributed by atoms with E-state index in [0.29, 0.717) is 17.0 Å². The van der Waals surface area contributed by atoms with Gasteiger partial charge in [0, 0.05) is 23.4 Å². The molecule has 1 atom stereocenters. The van der Waals surface area contributed by atoms with Crippen molar-refractivity contribution in [2.24, 2.45) is 0 Å². The molecular weight excluding hydrogens is 439 g/mol. The number of nitrogens with zero attached hydrogens (tertiary/aromatic N) is 5. The predicted molar refractivity (Wildman–Crippen MR) is 124 cm³/mol. The van der Waals surface area contributed by atoms with Gasteiger partial charge in [-0.2, -0.15) is 4.80 Å². The molecule has 4 rings (SSSR count). The van der Waals surface area contributed by atoms with Crippen LogP contribution in [0.1, 0.15) is 32.6 Å². The van der Waals surface area contributed by atoms with Gasteiger partial charge in [-0.25, -0.2) is 4.39 Å². The van der Waals surface area contributed by atoms with Crippen molar-refractivity contribution < 1.29 is 18.7 Å². The van der Waals surface area contributed by atoms with Gasteiger partial charge in [-0.1, -0.05) is 18.9 Å². The van der Waals surface area contributed by atoms with Gasteiger partial charge >= 0.3 is 0 Å². The highest BCUT2D eigenvalue weighted by atomic mass is 19.1. The van der Waals surface area contributed by atoms with E-state index in [1.807, 2.05) is 0 Å². The third kappa shape index (κ3) is 5.38. The summed E-state index contributed by atoms with van der Waals surface area (Å²) in [5, 5.41) is 15.2. The molecule has 0 aliphatic heterocycles. The van der Waals surface area contributed by atoms with Crippen LogP contribution in [0.25, 0.3) is 11.4 Å². The maximum absolute atomic E-state index is 13.4. The summed E-state index contributed by atoms with van der Waals surface area (Å²) < 4.78 is 18.5. The first kappa shape index (κ1) is 23.3. The molecule has 2 aromatic carbocycles. The van der Waals surface area contributed by atoms with Crippen LogP contribution in [0.15, 0.2) is 48.5 Å². The van der Waals surface area contributed by atoms with Gasteiger partial charge in [-0.15, -0.1) is 10.2 Å². The Kier molecular flexibility index (Phi) is 7.15. The highest BCUT2D eigenvalue weighted by molar-refractivity contribution is 6.00. The Labute approximate surface area is 196 Å². The lowest BCUT2D eigenvalue weighted by molar-refractivity contribution is -0.127. The van der Waals surface area contributed by atoms with Crippen LogP contribution in [-0.2, 0) is 16.1 Å². The number of amides is 2. The second-order valence-electron chi connectivity index (χ2n) is 8.28. The van der Waals surface area contributed by atoms with Crippen molar-refractivity contribution in [2.45, 2.75) is 51.2 Å². The molecule has 0 spiro atoms. The number of carbonyl (C=O) groups is 2. The Hall–Kier alpha value is -3.82. The van der Waals surface area contributed by atoms with E-state index in [1.54, 1.807) is 31.2 Å². The summed E-state index contributed by atoms with van der Waals surface area (Å²) in [6, 6.07) is 12.0. The zero-order valence-electron chi connectivity index (χ0n) is 19.1. The Bertz CT molecular complexity index is 1140. The van der Waals surface area contributed by atoms with Gasteiger partial charge in [0.1, 0.15) is 24.2 Å². The second-order valence-corrected chi connectivity index (χ2v) is 8.28. The number of hydrogen-bond acceptors (Lipinski definition) is 6. The minimum Gasteiger partial charge on any atom is -0.497 e. The molecule has 10 heteroatoms. The Morgan fingerprint density at radius 1 is 1.21 bits per heavy atom. The summed E-state index contributed by atoms with van der Waals surface area (Å²) >= 11 is 0. The van der Waals surface area contributed by atoms with Crippen LogP contribution in [0.3, 0.4) is 0 Å². The van der Waals surface area contributed by atoms with Gasteiger partial charge in [-0.05, 0) is 61.4 Å². The largest absolute Gasteiger partial charge is 0.497 e. The number of ether oxygens (including phenoxy) is 1. The van der Waals surface area contributed by atoms with E-state index < -0.39 is 6.04 Å². The van der Waals surface area contributed by atoms with Crippen molar-refractivity contribution in [3.8, 4) is 17.1 Å². The van der Waals surface area contributed by atoms with Gasteiger partial charge in [0.15, 0.2) is 0 Å². The van der Waals surface area contributed by atoms with Crippen molar-refractivity contribution in [2.75, 3.05) is 12.0 Å². The lowest BCUT2D eigenvalue weighted by Crippen LogP contribution is -2.51. The van der Waals surface area contributed by atoms with Gasteiger partial charge in [0.2, 0.25) is 11.7 Å². The molecule has 34 heavy (non-hydrogen) atoms. The van der Waals surface area contributed by atoms with Crippen LogP contribution in [0.2, 0.25) is 0 Å². The molecule has 2 amide bonds. The number of rotatable bonds is 8. The first-order valence-corrected chi connectivity index (χ1v) is 11.2. The van der Waals surface area contributed by atoms with Crippen LogP contribution in [-0.4, -0.2) is 51.2 Å². The number of methoxy groups -OCH3 is 1. The minimum absolute atomic E-state index is 0.132. The van der Waals surface area contributed by atoms with Crippen molar-refractivity contribution in [1.29, 1.82) is 0 Å². The van der Waals surface area contributed by atoms with E-state index in [4.69, 9.17) is 4.74 Å². The smallest absolute Gasteiger partial charge is 0.251 e. The van der Waals surface area contributed by atoms with E-state index in [9.17, 15) is 14.0 Å². The summed E-state index contributed by atoms with van der Waals surface area (Å²) in [6.45, 7) is 1.47. The quantitative estimate of drug-likeness (QED) is 0.548. The molecule has 0 bridgehead atoms. The van der Waals surface area contributed by atoms with Crippen LogP contribution in [0.4, 0.5) is 10.1 Å². The van der Waals surface area contributed by atoms with E-state index in [-0.39, 0.29) is 36.0 Å². The van der Waals surface area contributed by atoms with Crippen molar-refractivity contribution in [3.05, 3.63) is 54.3 Å². The zero-order valence-corrected chi connectivity index (χ0v) is 19.1. The van der Waals surface area contributed by atoms with Crippen molar-refractivity contribution >= 4 is 17.5 Å². The first-order chi connectivity index (χ1) is 16.4. The molecule has 0 saturated heterocycles. The lowest BCUT2D eigenvalue weighted by Gasteiger charge is -2.29. The summed E-state index contributed by atoms with van der Waals surface area (Å²) in [5.41, 5.74) is 1.10. The Balaban J connectivity index is 1.55. The number of benzene rings is 2. The number of hydrogen-bond donors (Lipinski definition) is 1. The molecule has 0 radical (unpaired) electrons. The number of aromatic nitrogens is 4. The molecule has 1 N–H and O–H groups in total. The molecule has 178 valence electrons. The maximum Gasteiger partial charge on any atom is 0.251 e. The molecule has 1 aliphatic rings. The molecule has 9 nitrogen and oxygen atoms in total. The third-order valence-corrected chi connectivity index (χ3v) is 5.90. The topological polar surface area (TPSA) is 102 Å². The third-order valence-electron chi connectivity index (χ3n) is 5.90. The van der Waals surface area contributed by atoms with Gasteiger partial charge in [0.25, 0.3) is 5.91 Å². The number of nitrogens with one attached hydrogen (secondary N) is 1. The maximum atomic E-state index is 13.4. The van der Waals surface area contributed by atoms with Crippen LogP contribution in [0.5, 0.6) is 5.75 Å². The standard InChI is InChI=1S/C24H27FN6O3/c1-16(24(33)26-19-6-3-4-7-19)31(20-8-5-9-21(14-20)34-2)22(32)15-30-28-23(27-29-30)17-10-12-18(25)13-11-17/h5,8-14,16,19H,3-4,6-7,15H2,1-2H3,(H,26,33). The monoisotopic (exact) mass is 466 g/mol. The Morgan fingerprint density at radius 3 is 2.65 bits per heavy atom. The van der Waals surface area contributed by atoms with Crippen molar-refractivity contribution in [1.82, 2.24) is 25.5 Å². The summed E-state index contributed by atoms with van der Waals surface area (Å²) in [6.07, 6.45) is 4.07. The lowest BCUT2D eigenvalue weighted by atomic mass is 10.1. The minimum atomic E-state index is -0.764.